The minimum Gasteiger partial charge on any atom is -0.459 e. The molecular weight excluding hydrogens is 238 g/mol. The Kier molecular flexibility index (Phi) is 3.85. The molecule has 0 aliphatic carbocycles. The number of anilines is 1. The maximum absolute atomic E-state index is 12.1. The third-order valence-electron chi connectivity index (χ3n) is 2.69. The van der Waals surface area contributed by atoms with Gasteiger partial charge in [-0.3, -0.25) is 0 Å². The average molecular weight is 255 g/mol. The minimum absolute atomic E-state index is 0.145. The fourth-order valence-electron chi connectivity index (χ4n) is 1.87. The molecule has 19 heavy (non-hydrogen) atoms. The van der Waals surface area contributed by atoms with Gasteiger partial charge in [0.2, 0.25) is 0 Å². The number of ether oxygens (including phenoxy) is 1. The lowest BCUT2D eigenvalue weighted by atomic mass is 9.99. The summed E-state index contributed by atoms with van der Waals surface area (Å²) >= 11 is 0. The minimum atomic E-state index is -0.325. The Morgan fingerprint density at radius 2 is 1.79 bits per heavy atom. The third-order valence-corrected chi connectivity index (χ3v) is 2.69. The highest BCUT2D eigenvalue weighted by atomic mass is 16.5. The molecular formula is C16H17NO2. The van der Waals surface area contributed by atoms with Gasteiger partial charge in [0.1, 0.15) is 0 Å². The molecule has 0 saturated carbocycles. The van der Waals surface area contributed by atoms with Gasteiger partial charge in [0.05, 0.1) is 11.7 Å². The van der Waals surface area contributed by atoms with Gasteiger partial charge < -0.3 is 10.5 Å². The van der Waals surface area contributed by atoms with E-state index in [0.717, 1.165) is 11.1 Å². The van der Waals surface area contributed by atoms with Crippen molar-refractivity contribution < 1.29 is 9.53 Å². The second-order valence-corrected chi connectivity index (χ2v) is 4.63. The standard InChI is InChI=1S/C16H17NO2/c1-11(2)19-16(18)14-9-8-13(17)10-15(14)12-6-4-3-5-7-12/h3-11H,17H2,1-2H3. The zero-order valence-electron chi connectivity index (χ0n) is 11.1. The third kappa shape index (κ3) is 3.13. The smallest absolute Gasteiger partial charge is 0.339 e. The van der Waals surface area contributed by atoms with Gasteiger partial charge >= 0.3 is 5.97 Å². The highest BCUT2D eigenvalue weighted by molar-refractivity contribution is 5.98. The average Bonchev–Trinajstić information content (AvgIpc) is 2.38. The van der Waals surface area contributed by atoms with E-state index in [0.29, 0.717) is 11.3 Å². The predicted octanol–water partition coefficient (Wildman–Crippen LogP) is 3.50. The van der Waals surface area contributed by atoms with E-state index in [4.69, 9.17) is 10.5 Å². The van der Waals surface area contributed by atoms with E-state index in [-0.39, 0.29) is 12.1 Å². The molecule has 3 heteroatoms. The first kappa shape index (κ1) is 13.1. The molecule has 0 aromatic heterocycles. The zero-order valence-corrected chi connectivity index (χ0v) is 11.1. The molecule has 98 valence electrons. The summed E-state index contributed by atoms with van der Waals surface area (Å²) in [6.45, 7) is 3.66. The molecule has 0 unspecified atom stereocenters. The Bertz CT molecular complexity index is 577. The summed E-state index contributed by atoms with van der Waals surface area (Å²) in [6, 6.07) is 14.9. The van der Waals surface area contributed by atoms with Crippen LogP contribution in [0.5, 0.6) is 0 Å². The summed E-state index contributed by atoms with van der Waals surface area (Å²) < 4.78 is 5.26. The molecule has 2 rings (SSSR count). The molecule has 0 atom stereocenters. The van der Waals surface area contributed by atoms with Crippen LogP contribution in [-0.4, -0.2) is 12.1 Å². The van der Waals surface area contributed by atoms with Crippen LogP contribution in [-0.2, 0) is 4.74 Å². The Labute approximate surface area is 113 Å². The normalized spacial score (nSPS) is 10.5. The number of carbonyl (C=O) groups excluding carboxylic acids is 1. The van der Waals surface area contributed by atoms with Crippen LogP contribution in [0.1, 0.15) is 24.2 Å². The molecule has 0 saturated heterocycles. The van der Waals surface area contributed by atoms with Gasteiger partial charge in [-0.25, -0.2) is 4.79 Å². The second-order valence-electron chi connectivity index (χ2n) is 4.63. The number of hydrogen-bond acceptors (Lipinski definition) is 3. The molecule has 0 spiro atoms. The Morgan fingerprint density at radius 3 is 2.42 bits per heavy atom. The Balaban J connectivity index is 2.47. The molecule has 2 aromatic carbocycles. The van der Waals surface area contributed by atoms with Gasteiger partial charge in [0.25, 0.3) is 0 Å². The van der Waals surface area contributed by atoms with E-state index in [9.17, 15) is 4.79 Å². The van der Waals surface area contributed by atoms with Crippen LogP contribution in [0.25, 0.3) is 11.1 Å². The van der Waals surface area contributed by atoms with E-state index in [1.807, 2.05) is 44.2 Å². The van der Waals surface area contributed by atoms with Crippen LogP contribution in [0.15, 0.2) is 48.5 Å². The molecule has 0 bridgehead atoms. The van der Waals surface area contributed by atoms with Gasteiger partial charge in [-0.15, -0.1) is 0 Å². The van der Waals surface area contributed by atoms with Crippen LogP contribution >= 0.6 is 0 Å². The molecule has 0 radical (unpaired) electrons. The highest BCUT2D eigenvalue weighted by Crippen LogP contribution is 2.26. The zero-order chi connectivity index (χ0) is 13.8. The summed E-state index contributed by atoms with van der Waals surface area (Å²) in [4.78, 5) is 12.1. The topological polar surface area (TPSA) is 52.3 Å². The Morgan fingerprint density at radius 1 is 1.11 bits per heavy atom. The van der Waals surface area contributed by atoms with Crippen molar-refractivity contribution in [3.63, 3.8) is 0 Å². The SMILES string of the molecule is CC(C)OC(=O)c1ccc(N)cc1-c1ccccc1. The molecule has 0 aliphatic rings. The summed E-state index contributed by atoms with van der Waals surface area (Å²) in [7, 11) is 0. The largest absolute Gasteiger partial charge is 0.459 e. The first-order valence-electron chi connectivity index (χ1n) is 6.24. The molecule has 3 nitrogen and oxygen atoms in total. The number of esters is 1. The predicted molar refractivity (Wildman–Crippen MR) is 76.8 cm³/mol. The van der Waals surface area contributed by atoms with Crippen molar-refractivity contribution in [1.29, 1.82) is 0 Å². The van der Waals surface area contributed by atoms with Crippen LogP contribution < -0.4 is 5.73 Å². The van der Waals surface area contributed by atoms with Crippen molar-refractivity contribution in [1.82, 2.24) is 0 Å². The molecule has 2 aromatic rings. The number of nitrogen functional groups attached to an aromatic ring is 1. The van der Waals surface area contributed by atoms with Gasteiger partial charge in [0, 0.05) is 5.69 Å². The fraction of sp³-hybridized carbons (Fsp3) is 0.188. The van der Waals surface area contributed by atoms with E-state index in [2.05, 4.69) is 0 Å². The summed E-state index contributed by atoms with van der Waals surface area (Å²) in [5.41, 5.74) is 8.72. The van der Waals surface area contributed by atoms with Crippen molar-refractivity contribution in [3.05, 3.63) is 54.1 Å². The lowest BCUT2D eigenvalue weighted by molar-refractivity contribution is 0.0379. The van der Waals surface area contributed by atoms with Crippen molar-refractivity contribution in [2.24, 2.45) is 0 Å². The maximum Gasteiger partial charge on any atom is 0.339 e. The summed E-state index contributed by atoms with van der Waals surface area (Å²) in [5.74, 6) is -0.325. The Hall–Kier alpha value is -2.29. The number of rotatable bonds is 3. The summed E-state index contributed by atoms with van der Waals surface area (Å²) in [6.07, 6.45) is -0.145. The first-order valence-corrected chi connectivity index (χ1v) is 6.24. The number of benzene rings is 2. The van der Waals surface area contributed by atoms with Gasteiger partial charge in [0.15, 0.2) is 0 Å². The van der Waals surface area contributed by atoms with Crippen molar-refractivity contribution >= 4 is 11.7 Å². The molecule has 0 amide bonds. The van der Waals surface area contributed by atoms with Crippen LogP contribution in [0.2, 0.25) is 0 Å². The van der Waals surface area contributed by atoms with Gasteiger partial charge in [-0.05, 0) is 43.2 Å². The van der Waals surface area contributed by atoms with Crippen molar-refractivity contribution in [3.8, 4) is 11.1 Å². The van der Waals surface area contributed by atoms with Crippen molar-refractivity contribution in [2.75, 3.05) is 5.73 Å². The van der Waals surface area contributed by atoms with E-state index in [1.54, 1.807) is 18.2 Å². The monoisotopic (exact) mass is 255 g/mol. The quantitative estimate of drug-likeness (QED) is 0.674. The lowest BCUT2D eigenvalue weighted by Crippen LogP contribution is -2.12. The molecule has 0 aliphatic heterocycles. The van der Waals surface area contributed by atoms with Crippen LogP contribution in [0, 0.1) is 0 Å². The molecule has 0 fully saturated rings. The van der Waals surface area contributed by atoms with Crippen LogP contribution in [0.3, 0.4) is 0 Å². The maximum atomic E-state index is 12.1. The number of hydrogen-bond donors (Lipinski definition) is 1. The van der Waals surface area contributed by atoms with E-state index < -0.39 is 0 Å². The molecule has 0 heterocycles. The highest BCUT2D eigenvalue weighted by Gasteiger charge is 2.15. The lowest BCUT2D eigenvalue weighted by Gasteiger charge is -2.12. The van der Waals surface area contributed by atoms with E-state index >= 15 is 0 Å². The summed E-state index contributed by atoms with van der Waals surface area (Å²) in [5, 5.41) is 0. The van der Waals surface area contributed by atoms with Gasteiger partial charge in [-0.2, -0.15) is 0 Å². The number of nitrogens with two attached hydrogens (primary N) is 1. The van der Waals surface area contributed by atoms with Gasteiger partial charge in [-0.1, -0.05) is 30.3 Å². The van der Waals surface area contributed by atoms with Crippen molar-refractivity contribution in [2.45, 2.75) is 20.0 Å². The number of carbonyl (C=O) groups is 1. The van der Waals surface area contributed by atoms with E-state index in [1.165, 1.54) is 0 Å². The first-order chi connectivity index (χ1) is 9.08. The van der Waals surface area contributed by atoms with Crippen LogP contribution in [0.4, 0.5) is 5.69 Å². The molecule has 2 N–H and O–H groups in total. The fourth-order valence-corrected chi connectivity index (χ4v) is 1.87. The second kappa shape index (κ2) is 5.57.